The van der Waals surface area contributed by atoms with Crippen LogP contribution < -0.4 is 21.3 Å². The normalized spacial score (nSPS) is 10.9. The smallest absolute Gasteiger partial charge is 0.256 e. The van der Waals surface area contributed by atoms with Crippen molar-refractivity contribution in [2.24, 2.45) is 16.6 Å². The second-order valence-electron chi connectivity index (χ2n) is 3.12. The topological polar surface area (TPSA) is 108 Å². The molecule has 1 rings (SSSR count). The van der Waals surface area contributed by atoms with E-state index >= 15 is 0 Å². The van der Waals surface area contributed by atoms with Gasteiger partial charge in [0.15, 0.2) is 17.7 Å². The van der Waals surface area contributed by atoms with E-state index in [-0.39, 0.29) is 11.7 Å². The molecule has 0 aliphatic rings. The Bertz CT molecular complexity index is 463. The van der Waals surface area contributed by atoms with Crippen molar-refractivity contribution in [2.75, 3.05) is 7.11 Å². The minimum absolute atomic E-state index is 0.0408. The van der Waals surface area contributed by atoms with Gasteiger partial charge in [0.25, 0.3) is 5.96 Å². The zero-order chi connectivity index (χ0) is 12.7. The van der Waals surface area contributed by atoms with E-state index in [9.17, 15) is 5.11 Å². The highest BCUT2D eigenvalue weighted by Crippen LogP contribution is 2.26. The highest BCUT2D eigenvalue weighted by atomic mass is 16.5. The number of nitrogens with one attached hydrogen (secondary N) is 1. The number of aromatic hydroxyl groups is 1. The van der Waals surface area contributed by atoms with Crippen molar-refractivity contribution in [2.45, 2.75) is 0 Å². The Labute approximate surface area is 98.9 Å². The van der Waals surface area contributed by atoms with Gasteiger partial charge in [-0.1, -0.05) is 6.07 Å². The molecule has 0 saturated heterocycles. The fraction of sp³-hybridized carbons (Fsp3) is 0.0909. The molecule has 0 aromatic heterocycles. The van der Waals surface area contributed by atoms with Crippen LogP contribution in [0.3, 0.4) is 0 Å². The maximum Gasteiger partial charge on any atom is 0.256 e. The summed E-state index contributed by atoms with van der Waals surface area (Å²) in [4.78, 5) is 0. The van der Waals surface area contributed by atoms with Gasteiger partial charge >= 0.3 is 0 Å². The summed E-state index contributed by atoms with van der Waals surface area (Å²) in [6, 6.07) is 5.02. The molecule has 0 bridgehead atoms. The molecule has 0 saturated carbocycles. The number of rotatable bonds is 4. The number of hydrogen-bond acceptors (Lipinski definition) is 3. The summed E-state index contributed by atoms with van der Waals surface area (Å²) in [5.41, 5.74) is 11.1. The summed E-state index contributed by atoms with van der Waals surface area (Å²) < 4.78 is 4.98. The van der Waals surface area contributed by atoms with Crippen molar-refractivity contribution in [3.8, 4) is 11.5 Å². The molecule has 0 spiro atoms. The molecule has 0 atom stereocenters. The number of nitrogens with zero attached hydrogens (tertiary/aromatic N) is 1. The van der Waals surface area contributed by atoms with Crippen LogP contribution in [-0.4, -0.2) is 24.4 Å². The molecule has 0 aliphatic carbocycles. The number of allylic oxidation sites excluding steroid dienone is 1. The molecule has 0 amide bonds. The van der Waals surface area contributed by atoms with Crippen molar-refractivity contribution in [3.63, 3.8) is 0 Å². The molecule has 6 nitrogen and oxygen atoms in total. The van der Waals surface area contributed by atoms with Crippen LogP contribution in [0.15, 0.2) is 29.4 Å². The first kappa shape index (κ1) is 12.6. The van der Waals surface area contributed by atoms with Crippen LogP contribution in [0, 0.1) is 0 Å². The lowest BCUT2D eigenvalue weighted by Gasteiger charge is -2.02. The Balaban J connectivity index is 2.72. The van der Waals surface area contributed by atoms with Gasteiger partial charge in [-0.05, 0) is 23.8 Å². The van der Waals surface area contributed by atoms with E-state index in [0.717, 1.165) is 5.56 Å². The quantitative estimate of drug-likeness (QED) is 0.297. The first-order valence-electron chi connectivity index (χ1n) is 4.84. The lowest BCUT2D eigenvalue weighted by molar-refractivity contribution is -0.456. The molecule has 1 aromatic carbocycles. The molecule has 0 unspecified atom stereocenters. The van der Waals surface area contributed by atoms with Crippen LogP contribution in [0.5, 0.6) is 11.5 Å². The summed E-state index contributed by atoms with van der Waals surface area (Å²) in [5.74, 6) is 0.484. The van der Waals surface area contributed by atoms with Crippen LogP contribution in [0.2, 0.25) is 0 Å². The number of phenolic OH excluding ortho intramolecular Hbond substituents is 1. The first-order valence-corrected chi connectivity index (χ1v) is 4.84. The Kier molecular flexibility index (Phi) is 4.56. The van der Waals surface area contributed by atoms with Crippen molar-refractivity contribution in [1.29, 1.82) is 0 Å². The average molecular weight is 235 g/mol. The summed E-state index contributed by atoms with van der Waals surface area (Å²) in [7, 11) is 1.50. The molecule has 1 aromatic rings. The largest absolute Gasteiger partial charge is 0.504 e. The van der Waals surface area contributed by atoms with E-state index in [1.54, 1.807) is 36.6 Å². The summed E-state index contributed by atoms with van der Waals surface area (Å²) >= 11 is 0. The Hall–Kier alpha value is -2.50. The Morgan fingerprint density at radius 2 is 2.24 bits per heavy atom. The molecule has 0 fully saturated rings. The lowest BCUT2D eigenvalue weighted by Crippen LogP contribution is -2.63. The highest BCUT2D eigenvalue weighted by Gasteiger charge is 1.99. The molecular formula is C11H15N4O2+. The molecular weight excluding hydrogens is 220 g/mol. The number of phenols is 1. The average Bonchev–Trinajstić information content (AvgIpc) is 2.30. The zero-order valence-electron chi connectivity index (χ0n) is 9.42. The number of methoxy groups -OCH3 is 1. The van der Waals surface area contributed by atoms with Crippen LogP contribution in [0.1, 0.15) is 5.56 Å². The number of hydrogen-bond donors (Lipinski definition) is 4. The monoisotopic (exact) mass is 235 g/mol. The number of ether oxygens (including phenoxy) is 1. The van der Waals surface area contributed by atoms with Gasteiger partial charge in [-0.15, -0.1) is 5.10 Å². The Morgan fingerprint density at radius 1 is 1.47 bits per heavy atom. The SMILES string of the molecule is COc1cc(/C=C/C=[NH+]/N=C(N)N)ccc1O. The van der Waals surface area contributed by atoms with E-state index in [0.29, 0.717) is 5.75 Å². The maximum atomic E-state index is 9.39. The minimum atomic E-state index is -0.0408. The third-order valence-corrected chi connectivity index (χ3v) is 1.86. The standard InChI is InChI=1S/C11H14N4O2/c1-17-10-7-8(4-5-9(10)16)3-2-6-14-15-11(12)13/h2-7,16H,1H3,(H4,12,13,15)/p+1/b3-2+,14-6+. The number of benzene rings is 1. The summed E-state index contributed by atoms with van der Waals surface area (Å²) in [6.07, 6.45) is 5.09. The second kappa shape index (κ2) is 6.16. The van der Waals surface area contributed by atoms with Gasteiger partial charge in [0.2, 0.25) is 0 Å². The summed E-state index contributed by atoms with van der Waals surface area (Å²) in [5, 5.41) is 15.5. The fourth-order valence-corrected chi connectivity index (χ4v) is 1.11. The van der Waals surface area contributed by atoms with E-state index < -0.39 is 0 Å². The predicted octanol–water partition coefficient (Wildman–Crippen LogP) is -1.25. The van der Waals surface area contributed by atoms with Gasteiger partial charge in [0.1, 0.15) is 0 Å². The van der Waals surface area contributed by atoms with E-state index in [2.05, 4.69) is 10.2 Å². The molecule has 90 valence electrons. The van der Waals surface area contributed by atoms with E-state index in [1.807, 2.05) is 0 Å². The fourth-order valence-electron chi connectivity index (χ4n) is 1.11. The van der Waals surface area contributed by atoms with Crippen molar-refractivity contribution >= 4 is 18.3 Å². The van der Waals surface area contributed by atoms with Gasteiger partial charge < -0.3 is 21.3 Å². The number of guanidine groups is 1. The van der Waals surface area contributed by atoms with Gasteiger partial charge in [-0.25, -0.2) is 0 Å². The molecule has 17 heavy (non-hydrogen) atoms. The Morgan fingerprint density at radius 3 is 2.88 bits per heavy atom. The molecule has 0 aliphatic heterocycles. The first-order chi connectivity index (χ1) is 8.13. The van der Waals surface area contributed by atoms with Gasteiger partial charge in [0.05, 0.1) is 7.11 Å². The zero-order valence-corrected chi connectivity index (χ0v) is 9.42. The molecule has 6 heteroatoms. The second-order valence-corrected chi connectivity index (χ2v) is 3.12. The van der Waals surface area contributed by atoms with Crippen molar-refractivity contribution in [3.05, 3.63) is 29.8 Å². The third-order valence-electron chi connectivity index (χ3n) is 1.86. The molecule has 0 heterocycles. The number of hydrazone groups is 1. The van der Waals surface area contributed by atoms with E-state index in [1.165, 1.54) is 7.11 Å². The summed E-state index contributed by atoms with van der Waals surface area (Å²) in [6.45, 7) is 0. The van der Waals surface area contributed by atoms with Crippen LogP contribution >= 0.6 is 0 Å². The van der Waals surface area contributed by atoms with E-state index in [4.69, 9.17) is 16.2 Å². The van der Waals surface area contributed by atoms with Gasteiger partial charge in [0, 0.05) is 11.2 Å². The van der Waals surface area contributed by atoms with Gasteiger partial charge in [-0.3, -0.25) is 0 Å². The highest BCUT2D eigenvalue weighted by molar-refractivity contribution is 5.76. The maximum absolute atomic E-state index is 9.39. The van der Waals surface area contributed by atoms with Gasteiger partial charge in [-0.2, -0.15) is 0 Å². The third kappa shape index (κ3) is 4.25. The molecule has 0 radical (unpaired) electrons. The minimum Gasteiger partial charge on any atom is -0.504 e. The predicted molar refractivity (Wildman–Crippen MR) is 66.5 cm³/mol. The van der Waals surface area contributed by atoms with Crippen LogP contribution in [0.4, 0.5) is 0 Å². The van der Waals surface area contributed by atoms with Crippen LogP contribution in [-0.2, 0) is 0 Å². The lowest BCUT2D eigenvalue weighted by atomic mass is 10.2. The molecule has 6 N–H and O–H groups in total. The number of nitrogens with two attached hydrogens (primary N) is 2. The van der Waals surface area contributed by atoms with Crippen LogP contribution in [0.25, 0.3) is 6.08 Å². The van der Waals surface area contributed by atoms with Crippen molar-refractivity contribution < 1.29 is 14.9 Å². The van der Waals surface area contributed by atoms with Crippen molar-refractivity contribution in [1.82, 2.24) is 0 Å².